The third-order valence-corrected chi connectivity index (χ3v) is 7.39. The van der Waals surface area contributed by atoms with Crippen molar-refractivity contribution in [3.8, 4) is 11.5 Å². The SMILES string of the molecule is CCCCCc1cc2c(c(O)c1C(=O)N1CCCC1)C1C=C(C)CC[C@H]1C(C)(C)O2. The molecule has 0 aromatic heterocycles. The van der Waals surface area contributed by atoms with Crippen molar-refractivity contribution in [3.63, 3.8) is 0 Å². The van der Waals surface area contributed by atoms with Crippen molar-refractivity contribution in [2.24, 2.45) is 5.92 Å². The monoisotopic (exact) mass is 411 g/mol. The highest BCUT2D eigenvalue weighted by molar-refractivity contribution is 5.99. The van der Waals surface area contributed by atoms with E-state index in [1.165, 1.54) is 5.57 Å². The molecule has 1 aromatic carbocycles. The molecule has 0 spiro atoms. The molecular weight excluding hydrogens is 374 g/mol. The molecule has 4 rings (SSSR count). The van der Waals surface area contributed by atoms with E-state index in [9.17, 15) is 9.90 Å². The summed E-state index contributed by atoms with van der Waals surface area (Å²) in [5, 5.41) is 11.5. The van der Waals surface area contributed by atoms with E-state index in [0.717, 1.165) is 81.3 Å². The fourth-order valence-corrected chi connectivity index (χ4v) is 5.69. The lowest BCUT2D eigenvalue weighted by Crippen LogP contribution is -2.45. The molecule has 2 aliphatic heterocycles. The Morgan fingerprint density at radius 1 is 1.27 bits per heavy atom. The highest BCUT2D eigenvalue weighted by Gasteiger charge is 2.46. The molecule has 4 nitrogen and oxygen atoms in total. The highest BCUT2D eigenvalue weighted by Crippen LogP contribution is 2.54. The van der Waals surface area contributed by atoms with E-state index in [4.69, 9.17) is 4.74 Å². The number of carbonyl (C=O) groups excluding carboxylic acids is 1. The lowest BCUT2D eigenvalue weighted by atomic mass is 9.67. The average molecular weight is 412 g/mol. The fourth-order valence-electron chi connectivity index (χ4n) is 5.69. The number of unbranched alkanes of at least 4 members (excludes halogenated alkanes) is 2. The first-order valence-corrected chi connectivity index (χ1v) is 11.9. The number of hydrogen-bond acceptors (Lipinski definition) is 3. The second-order valence-corrected chi connectivity index (χ2v) is 10.0. The zero-order chi connectivity index (χ0) is 21.5. The number of aromatic hydroxyl groups is 1. The lowest BCUT2D eigenvalue weighted by molar-refractivity contribution is 0.0106. The number of allylic oxidation sites excluding steroid dienone is 2. The van der Waals surface area contributed by atoms with E-state index in [2.05, 4.69) is 39.8 Å². The molecule has 0 bridgehead atoms. The number of fused-ring (bicyclic) bond motifs is 3. The Kier molecular flexibility index (Phi) is 5.87. The van der Waals surface area contributed by atoms with Crippen LogP contribution >= 0.6 is 0 Å². The minimum absolute atomic E-state index is 0.00260. The van der Waals surface area contributed by atoms with Crippen LogP contribution in [0.2, 0.25) is 0 Å². The second-order valence-electron chi connectivity index (χ2n) is 10.0. The van der Waals surface area contributed by atoms with Gasteiger partial charge in [-0.2, -0.15) is 0 Å². The molecule has 0 radical (unpaired) electrons. The van der Waals surface area contributed by atoms with Crippen molar-refractivity contribution in [3.05, 3.63) is 34.4 Å². The quantitative estimate of drug-likeness (QED) is 0.479. The van der Waals surface area contributed by atoms with Gasteiger partial charge in [-0.15, -0.1) is 0 Å². The van der Waals surface area contributed by atoms with Crippen molar-refractivity contribution >= 4 is 5.91 Å². The molecule has 1 fully saturated rings. The van der Waals surface area contributed by atoms with Crippen LogP contribution in [-0.4, -0.2) is 34.6 Å². The smallest absolute Gasteiger partial charge is 0.257 e. The Labute approximate surface area is 181 Å². The minimum atomic E-state index is -0.289. The number of amides is 1. The molecule has 1 N–H and O–H groups in total. The number of rotatable bonds is 5. The summed E-state index contributed by atoms with van der Waals surface area (Å²) in [5.41, 5.74) is 3.38. The summed E-state index contributed by atoms with van der Waals surface area (Å²) < 4.78 is 6.50. The van der Waals surface area contributed by atoms with Gasteiger partial charge in [0, 0.05) is 30.5 Å². The Bertz CT molecular complexity index is 848. The zero-order valence-electron chi connectivity index (χ0n) is 19.1. The number of likely N-dealkylation sites (tertiary alicyclic amines) is 1. The van der Waals surface area contributed by atoms with E-state index in [1.807, 2.05) is 4.90 Å². The predicted molar refractivity (Wildman–Crippen MR) is 120 cm³/mol. The molecule has 2 heterocycles. The Morgan fingerprint density at radius 3 is 2.70 bits per heavy atom. The van der Waals surface area contributed by atoms with Crippen molar-refractivity contribution in [2.75, 3.05) is 13.1 Å². The molecule has 1 unspecified atom stereocenters. The van der Waals surface area contributed by atoms with Gasteiger partial charge in [0.1, 0.15) is 17.1 Å². The summed E-state index contributed by atoms with van der Waals surface area (Å²) in [5.74, 6) is 1.35. The van der Waals surface area contributed by atoms with Crippen LogP contribution in [0, 0.1) is 5.92 Å². The van der Waals surface area contributed by atoms with Crippen LogP contribution in [0.3, 0.4) is 0 Å². The molecule has 3 aliphatic rings. The summed E-state index contributed by atoms with van der Waals surface area (Å²) in [4.78, 5) is 15.4. The molecule has 164 valence electrons. The molecule has 2 atom stereocenters. The minimum Gasteiger partial charge on any atom is -0.507 e. The van der Waals surface area contributed by atoms with Gasteiger partial charge in [-0.25, -0.2) is 0 Å². The number of phenolic OH excluding ortho intramolecular Hbond substituents is 1. The van der Waals surface area contributed by atoms with Crippen LogP contribution in [0.15, 0.2) is 17.7 Å². The summed E-state index contributed by atoms with van der Waals surface area (Å²) >= 11 is 0. The van der Waals surface area contributed by atoms with Crippen LogP contribution in [0.4, 0.5) is 0 Å². The maximum absolute atomic E-state index is 13.5. The zero-order valence-corrected chi connectivity index (χ0v) is 19.1. The van der Waals surface area contributed by atoms with Gasteiger partial charge in [0.2, 0.25) is 0 Å². The standard InChI is InChI=1S/C26H37NO3/c1-5-6-7-10-18-16-21-23(24(28)22(18)25(29)27-13-8-9-14-27)19-15-17(2)11-12-20(19)26(3,4)30-21/h15-16,19-20,28H,5-14H2,1-4H3/t19?,20-/m1/s1. The van der Waals surface area contributed by atoms with Crippen LogP contribution in [0.5, 0.6) is 11.5 Å². The number of ether oxygens (including phenoxy) is 1. The van der Waals surface area contributed by atoms with Crippen molar-refractivity contribution in [1.29, 1.82) is 0 Å². The van der Waals surface area contributed by atoms with Gasteiger partial charge in [-0.1, -0.05) is 31.4 Å². The number of phenols is 1. The third kappa shape index (κ3) is 3.74. The maximum Gasteiger partial charge on any atom is 0.257 e. The van der Waals surface area contributed by atoms with E-state index >= 15 is 0 Å². The third-order valence-electron chi connectivity index (χ3n) is 7.39. The molecule has 1 amide bonds. The van der Waals surface area contributed by atoms with Gasteiger partial charge in [0.05, 0.1) is 5.56 Å². The van der Waals surface area contributed by atoms with E-state index in [-0.39, 0.29) is 23.2 Å². The van der Waals surface area contributed by atoms with E-state index in [0.29, 0.717) is 11.5 Å². The Hall–Kier alpha value is -1.97. The summed E-state index contributed by atoms with van der Waals surface area (Å²) in [7, 11) is 0. The summed E-state index contributed by atoms with van der Waals surface area (Å²) in [6.07, 6.45) is 10.6. The van der Waals surface area contributed by atoms with Gasteiger partial charge >= 0.3 is 0 Å². The number of hydrogen-bond donors (Lipinski definition) is 1. The van der Waals surface area contributed by atoms with E-state index < -0.39 is 0 Å². The van der Waals surface area contributed by atoms with Gasteiger partial charge in [-0.3, -0.25) is 4.79 Å². The first kappa shape index (κ1) is 21.3. The number of nitrogens with zero attached hydrogens (tertiary/aromatic N) is 1. The van der Waals surface area contributed by atoms with Crippen LogP contribution in [-0.2, 0) is 6.42 Å². The van der Waals surface area contributed by atoms with Crippen molar-refractivity contribution in [1.82, 2.24) is 4.90 Å². The van der Waals surface area contributed by atoms with Crippen LogP contribution in [0.1, 0.15) is 100 Å². The Balaban J connectivity index is 1.84. The molecule has 1 aliphatic carbocycles. The van der Waals surface area contributed by atoms with Crippen LogP contribution < -0.4 is 4.74 Å². The van der Waals surface area contributed by atoms with Crippen molar-refractivity contribution < 1.29 is 14.6 Å². The molecule has 0 saturated carbocycles. The number of carbonyl (C=O) groups is 1. The van der Waals surface area contributed by atoms with Crippen LogP contribution in [0.25, 0.3) is 0 Å². The normalized spacial score (nSPS) is 24.7. The average Bonchev–Trinajstić information content (AvgIpc) is 3.21. The number of aryl methyl sites for hydroxylation is 1. The molecule has 4 heteroatoms. The fraction of sp³-hybridized carbons (Fsp3) is 0.654. The lowest BCUT2D eigenvalue weighted by Gasteiger charge is -2.46. The van der Waals surface area contributed by atoms with Gasteiger partial charge in [-0.05, 0) is 70.9 Å². The second kappa shape index (κ2) is 8.28. The van der Waals surface area contributed by atoms with Crippen molar-refractivity contribution in [2.45, 2.75) is 90.6 Å². The summed E-state index contributed by atoms with van der Waals surface area (Å²) in [6.45, 7) is 10.3. The predicted octanol–water partition coefficient (Wildman–Crippen LogP) is 5.97. The van der Waals surface area contributed by atoms with Gasteiger partial charge in [0.25, 0.3) is 5.91 Å². The molecule has 1 aromatic rings. The van der Waals surface area contributed by atoms with Gasteiger partial charge < -0.3 is 14.7 Å². The van der Waals surface area contributed by atoms with E-state index in [1.54, 1.807) is 0 Å². The molecule has 1 saturated heterocycles. The number of benzene rings is 1. The topological polar surface area (TPSA) is 49.8 Å². The van der Waals surface area contributed by atoms with Gasteiger partial charge in [0.15, 0.2) is 0 Å². The highest BCUT2D eigenvalue weighted by atomic mass is 16.5. The Morgan fingerprint density at radius 2 is 2.00 bits per heavy atom. The molecule has 30 heavy (non-hydrogen) atoms. The summed E-state index contributed by atoms with van der Waals surface area (Å²) in [6, 6.07) is 2.07. The first-order chi connectivity index (χ1) is 14.3. The largest absolute Gasteiger partial charge is 0.507 e. The maximum atomic E-state index is 13.5. The molecular formula is C26H37NO3. The first-order valence-electron chi connectivity index (χ1n) is 11.9.